The fraction of sp³-hybridized carbons (Fsp3) is 1.00. The molecule has 0 aromatic heterocycles. The van der Waals surface area contributed by atoms with Crippen molar-refractivity contribution in [3.8, 4) is 0 Å². The fourth-order valence-corrected chi connectivity index (χ4v) is 0.158. The molecule has 0 heterocycles. The molecule has 0 saturated heterocycles. The Labute approximate surface area is 43.6 Å². The van der Waals surface area contributed by atoms with Crippen LogP contribution in [0.1, 0.15) is 19.8 Å². The second-order valence-corrected chi connectivity index (χ2v) is 1.08. The SMILES string of the molecule is CCCCO.O.O. The van der Waals surface area contributed by atoms with E-state index in [0.717, 1.165) is 12.8 Å². The maximum atomic E-state index is 8.07. The van der Waals surface area contributed by atoms with E-state index in [0.29, 0.717) is 6.61 Å². The quantitative estimate of drug-likeness (QED) is 0.492. The van der Waals surface area contributed by atoms with Crippen LogP contribution in [0.5, 0.6) is 0 Å². The highest BCUT2D eigenvalue weighted by Crippen LogP contribution is 1.78. The van der Waals surface area contributed by atoms with Gasteiger partial charge in [0.25, 0.3) is 0 Å². The molecule has 0 aliphatic heterocycles. The summed E-state index contributed by atoms with van der Waals surface area (Å²) in [5.74, 6) is 0. The van der Waals surface area contributed by atoms with E-state index in [2.05, 4.69) is 6.92 Å². The normalized spacial score (nSPS) is 6.00. The molecule has 0 saturated carbocycles. The molecule has 0 radical (unpaired) electrons. The van der Waals surface area contributed by atoms with Gasteiger partial charge in [0, 0.05) is 6.61 Å². The van der Waals surface area contributed by atoms with Crippen LogP contribution in [-0.2, 0) is 0 Å². The molecule has 0 aromatic rings. The third kappa shape index (κ3) is 25.0. The molecule has 0 aliphatic carbocycles. The zero-order chi connectivity index (χ0) is 4.12. The third-order valence-electron chi connectivity index (χ3n) is 0.512. The van der Waals surface area contributed by atoms with Crippen LogP contribution in [0.4, 0.5) is 0 Å². The van der Waals surface area contributed by atoms with Gasteiger partial charge in [0.15, 0.2) is 0 Å². The molecular formula is C4H14O3. The van der Waals surface area contributed by atoms with Gasteiger partial charge in [-0.15, -0.1) is 0 Å². The second kappa shape index (κ2) is 16.9. The van der Waals surface area contributed by atoms with Crippen LogP contribution in [0.2, 0.25) is 0 Å². The zero-order valence-corrected chi connectivity index (χ0v) is 4.57. The Morgan fingerprint density at radius 3 is 1.71 bits per heavy atom. The highest BCUT2D eigenvalue weighted by atomic mass is 16.2. The Kier molecular flexibility index (Phi) is 38.1. The summed E-state index contributed by atoms with van der Waals surface area (Å²) in [5.41, 5.74) is 0. The molecular weight excluding hydrogens is 96.0 g/mol. The lowest BCUT2D eigenvalue weighted by Crippen LogP contribution is -1.75. The Balaban J connectivity index is -0.0000000800. The molecule has 3 heteroatoms. The number of hydrogen-bond donors (Lipinski definition) is 1. The summed E-state index contributed by atoms with van der Waals surface area (Å²) in [5, 5.41) is 8.07. The minimum absolute atomic E-state index is 0. The average Bonchev–Trinajstić information content (AvgIpc) is 1.41. The van der Waals surface area contributed by atoms with Crippen molar-refractivity contribution in [1.29, 1.82) is 0 Å². The Bertz CT molecular complexity index is 14.4. The van der Waals surface area contributed by atoms with Crippen molar-refractivity contribution in [2.24, 2.45) is 0 Å². The van der Waals surface area contributed by atoms with E-state index in [1.54, 1.807) is 0 Å². The summed E-state index contributed by atoms with van der Waals surface area (Å²) >= 11 is 0. The predicted octanol–water partition coefficient (Wildman–Crippen LogP) is -0.871. The summed E-state index contributed by atoms with van der Waals surface area (Å²) < 4.78 is 0. The van der Waals surface area contributed by atoms with Gasteiger partial charge in [-0.05, 0) is 6.42 Å². The van der Waals surface area contributed by atoms with Crippen molar-refractivity contribution in [1.82, 2.24) is 0 Å². The van der Waals surface area contributed by atoms with E-state index in [1.165, 1.54) is 0 Å². The van der Waals surface area contributed by atoms with Crippen molar-refractivity contribution in [2.45, 2.75) is 19.8 Å². The second-order valence-electron chi connectivity index (χ2n) is 1.08. The fourth-order valence-electron chi connectivity index (χ4n) is 0.158. The van der Waals surface area contributed by atoms with Crippen LogP contribution in [0.25, 0.3) is 0 Å². The molecule has 0 aromatic carbocycles. The summed E-state index contributed by atoms with van der Waals surface area (Å²) in [6.45, 7) is 2.40. The van der Waals surface area contributed by atoms with Gasteiger partial charge in [0.2, 0.25) is 0 Å². The molecule has 0 aliphatic rings. The maximum absolute atomic E-state index is 8.07. The van der Waals surface area contributed by atoms with Crippen LogP contribution in [0.3, 0.4) is 0 Å². The highest BCUT2D eigenvalue weighted by Gasteiger charge is 1.69. The first kappa shape index (κ1) is 15.8. The van der Waals surface area contributed by atoms with E-state index in [1.807, 2.05) is 0 Å². The van der Waals surface area contributed by atoms with Crippen molar-refractivity contribution in [3.05, 3.63) is 0 Å². The molecule has 0 fully saturated rings. The largest absolute Gasteiger partial charge is 0.412 e. The lowest BCUT2D eigenvalue weighted by molar-refractivity contribution is 0.287. The monoisotopic (exact) mass is 110 g/mol. The molecule has 0 spiro atoms. The molecule has 0 bridgehead atoms. The van der Waals surface area contributed by atoms with Crippen LogP contribution < -0.4 is 0 Å². The maximum Gasteiger partial charge on any atom is 0.0430 e. The first-order valence-electron chi connectivity index (χ1n) is 2.02. The average molecular weight is 110 g/mol. The number of rotatable bonds is 2. The van der Waals surface area contributed by atoms with Gasteiger partial charge < -0.3 is 16.1 Å². The summed E-state index contributed by atoms with van der Waals surface area (Å²) in [7, 11) is 0. The van der Waals surface area contributed by atoms with E-state index < -0.39 is 0 Å². The Morgan fingerprint density at radius 1 is 1.29 bits per heavy atom. The summed E-state index contributed by atoms with van der Waals surface area (Å²) in [6.07, 6.45) is 2.04. The van der Waals surface area contributed by atoms with Crippen LogP contribution in [0.15, 0.2) is 0 Å². The highest BCUT2D eigenvalue weighted by molar-refractivity contribution is 4.23. The lowest BCUT2D eigenvalue weighted by atomic mass is 10.4. The number of aliphatic hydroxyl groups is 1. The van der Waals surface area contributed by atoms with Crippen molar-refractivity contribution in [3.63, 3.8) is 0 Å². The first-order chi connectivity index (χ1) is 2.41. The van der Waals surface area contributed by atoms with Gasteiger partial charge in [-0.25, -0.2) is 0 Å². The van der Waals surface area contributed by atoms with Crippen LogP contribution >= 0.6 is 0 Å². The number of hydrogen-bond acceptors (Lipinski definition) is 1. The van der Waals surface area contributed by atoms with Crippen molar-refractivity contribution in [2.75, 3.05) is 6.61 Å². The lowest BCUT2D eigenvalue weighted by Gasteiger charge is -1.79. The molecule has 5 N–H and O–H groups in total. The molecule has 0 unspecified atom stereocenters. The van der Waals surface area contributed by atoms with E-state index in [-0.39, 0.29) is 11.0 Å². The minimum atomic E-state index is 0. The van der Waals surface area contributed by atoms with E-state index in [4.69, 9.17) is 5.11 Å². The predicted molar refractivity (Wildman–Crippen MR) is 29.2 cm³/mol. The van der Waals surface area contributed by atoms with Crippen LogP contribution in [-0.4, -0.2) is 22.7 Å². The van der Waals surface area contributed by atoms with Gasteiger partial charge in [0.05, 0.1) is 0 Å². The molecule has 0 rings (SSSR count). The van der Waals surface area contributed by atoms with Crippen molar-refractivity contribution < 1.29 is 16.1 Å². The van der Waals surface area contributed by atoms with Crippen LogP contribution in [0, 0.1) is 0 Å². The molecule has 0 amide bonds. The standard InChI is InChI=1S/C4H10O.2H2O/c1-2-3-4-5;;/h5H,2-4H2,1H3;2*1H2. The molecule has 3 nitrogen and oxygen atoms in total. The van der Waals surface area contributed by atoms with Gasteiger partial charge in [-0.2, -0.15) is 0 Å². The third-order valence-corrected chi connectivity index (χ3v) is 0.512. The Hall–Kier alpha value is -0.120. The van der Waals surface area contributed by atoms with E-state index in [9.17, 15) is 0 Å². The Morgan fingerprint density at radius 2 is 1.71 bits per heavy atom. The molecule has 7 heavy (non-hydrogen) atoms. The number of aliphatic hydroxyl groups excluding tert-OH is 1. The summed E-state index contributed by atoms with van der Waals surface area (Å²) in [6, 6.07) is 0. The molecule has 48 valence electrons. The number of unbranched alkanes of at least 4 members (excludes halogenated alkanes) is 1. The van der Waals surface area contributed by atoms with Gasteiger partial charge in [-0.1, -0.05) is 13.3 Å². The van der Waals surface area contributed by atoms with Gasteiger partial charge in [-0.3, -0.25) is 0 Å². The zero-order valence-electron chi connectivity index (χ0n) is 4.57. The van der Waals surface area contributed by atoms with Gasteiger partial charge >= 0.3 is 0 Å². The van der Waals surface area contributed by atoms with E-state index >= 15 is 0 Å². The topological polar surface area (TPSA) is 83.2 Å². The first-order valence-corrected chi connectivity index (χ1v) is 2.02. The van der Waals surface area contributed by atoms with Crippen molar-refractivity contribution >= 4 is 0 Å². The van der Waals surface area contributed by atoms with Gasteiger partial charge in [0.1, 0.15) is 0 Å². The summed E-state index contributed by atoms with van der Waals surface area (Å²) in [4.78, 5) is 0. The minimum Gasteiger partial charge on any atom is -0.412 e. The molecule has 0 atom stereocenters. The smallest absolute Gasteiger partial charge is 0.0430 e.